The van der Waals surface area contributed by atoms with E-state index in [1.807, 2.05) is 31.3 Å². The fraction of sp³-hybridized carbons (Fsp3) is 0.520. The summed E-state index contributed by atoms with van der Waals surface area (Å²) in [5, 5.41) is 22.8. The van der Waals surface area contributed by atoms with E-state index in [-0.39, 0.29) is 11.9 Å². The number of likely N-dealkylation sites (N-methyl/N-ethyl adjacent to an activating group) is 1. The molecule has 4 atom stereocenters. The lowest BCUT2D eigenvalue weighted by atomic mass is 9.81. The molecule has 2 N–H and O–H groups in total. The predicted molar refractivity (Wildman–Crippen MR) is 129 cm³/mol. The van der Waals surface area contributed by atoms with Crippen molar-refractivity contribution in [3.05, 3.63) is 64.4 Å². The second-order valence-electron chi connectivity index (χ2n) is 9.08. The smallest absolute Gasteiger partial charge is 0.253 e. The molecule has 4 unspecified atom stereocenters. The van der Waals surface area contributed by atoms with Gasteiger partial charge in [0.1, 0.15) is 5.15 Å². The Morgan fingerprint density at radius 2 is 1.97 bits per heavy atom. The first-order valence-electron chi connectivity index (χ1n) is 11.8. The molecular formula is C25H32ClN5O2. The number of rotatable bonds is 9. The third-order valence-corrected chi connectivity index (χ3v) is 6.93. The van der Waals surface area contributed by atoms with Gasteiger partial charge in [-0.3, -0.25) is 4.79 Å². The summed E-state index contributed by atoms with van der Waals surface area (Å²) < 4.78 is 0. The fourth-order valence-corrected chi connectivity index (χ4v) is 4.84. The van der Waals surface area contributed by atoms with Crippen molar-refractivity contribution < 1.29 is 9.90 Å². The summed E-state index contributed by atoms with van der Waals surface area (Å²) in [7, 11) is 1.85. The van der Waals surface area contributed by atoms with Gasteiger partial charge in [0.05, 0.1) is 18.2 Å². The highest BCUT2D eigenvalue weighted by Crippen LogP contribution is 2.36. The van der Waals surface area contributed by atoms with Crippen molar-refractivity contribution in [2.45, 2.75) is 50.3 Å². The molecule has 1 saturated carbocycles. The number of fused-ring (bicyclic) bond motifs is 1. The Kier molecular flexibility index (Phi) is 8.06. The van der Waals surface area contributed by atoms with Gasteiger partial charge in [-0.05, 0) is 49.6 Å². The van der Waals surface area contributed by atoms with E-state index >= 15 is 0 Å². The van der Waals surface area contributed by atoms with Crippen molar-refractivity contribution in [2.75, 3.05) is 26.7 Å². The van der Waals surface area contributed by atoms with E-state index in [1.165, 1.54) is 19.3 Å². The Bertz CT molecular complexity index is 950. The van der Waals surface area contributed by atoms with Crippen molar-refractivity contribution in [2.24, 2.45) is 16.1 Å². The van der Waals surface area contributed by atoms with Crippen LogP contribution in [0.25, 0.3) is 0 Å². The lowest BCUT2D eigenvalue weighted by Crippen LogP contribution is -2.38. The van der Waals surface area contributed by atoms with Crippen molar-refractivity contribution in [1.82, 2.24) is 15.2 Å². The van der Waals surface area contributed by atoms with Gasteiger partial charge < -0.3 is 15.3 Å². The highest BCUT2D eigenvalue weighted by Gasteiger charge is 2.37. The normalized spacial score (nSPS) is 22.7. The van der Waals surface area contributed by atoms with Crippen molar-refractivity contribution in [1.29, 1.82) is 0 Å². The minimum absolute atomic E-state index is 0.0221. The number of azo groups is 1. The van der Waals surface area contributed by atoms with Gasteiger partial charge in [0.2, 0.25) is 0 Å². The maximum absolute atomic E-state index is 12.9. The van der Waals surface area contributed by atoms with Gasteiger partial charge in [-0.1, -0.05) is 42.6 Å². The first-order chi connectivity index (χ1) is 16.0. The average molecular weight is 470 g/mol. The molecule has 0 radical (unpaired) electrons. The van der Waals surface area contributed by atoms with Gasteiger partial charge in [-0.2, -0.15) is 10.2 Å². The largest absolute Gasteiger partial charge is 0.387 e. The van der Waals surface area contributed by atoms with E-state index in [0.29, 0.717) is 35.8 Å². The van der Waals surface area contributed by atoms with Gasteiger partial charge in [0.15, 0.2) is 0 Å². The summed E-state index contributed by atoms with van der Waals surface area (Å²) in [6.07, 6.45) is 6.55. The Balaban J connectivity index is 1.21. The molecule has 0 bridgehead atoms. The first kappa shape index (κ1) is 23.8. The van der Waals surface area contributed by atoms with Crippen molar-refractivity contribution >= 4 is 17.5 Å². The van der Waals surface area contributed by atoms with Crippen LogP contribution in [0.15, 0.2) is 52.8 Å². The minimum atomic E-state index is -0.631. The third-order valence-electron chi connectivity index (χ3n) is 6.71. The molecule has 4 rings (SSSR count). The molecule has 0 saturated heterocycles. The average Bonchev–Trinajstić information content (AvgIpc) is 3.25. The monoisotopic (exact) mass is 469 g/mol. The van der Waals surface area contributed by atoms with Crippen molar-refractivity contribution in [3.63, 3.8) is 0 Å². The van der Waals surface area contributed by atoms with Crippen LogP contribution in [0.5, 0.6) is 0 Å². The summed E-state index contributed by atoms with van der Waals surface area (Å²) >= 11 is 5.78. The van der Waals surface area contributed by atoms with Gasteiger partial charge in [-0.15, -0.1) is 0 Å². The lowest BCUT2D eigenvalue weighted by Gasteiger charge is -2.28. The highest BCUT2D eigenvalue weighted by atomic mass is 35.5. The van der Waals surface area contributed by atoms with E-state index in [9.17, 15) is 9.90 Å². The second kappa shape index (κ2) is 11.2. The summed E-state index contributed by atoms with van der Waals surface area (Å²) in [5.74, 6) is 0.521. The molecule has 1 fully saturated rings. The number of benzene rings is 1. The molecule has 0 spiro atoms. The van der Waals surface area contributed by atoms with Crippen LogP contribution in [-0.2, 0) is 6.42 Å². The zero-order valence-electron chi connectivity index (χ0n) is 19.0. The minimum Gasteiger partial charge on any atom is -0.387 e. The molecule has 2 aromatic rings. The van der Waals surface area contributed by atoms with Gasteiger partial charge in [0.25, 0.3) is 5.91 Å². The van der Waals surface area contributed by atoms with Crippen LogP contribution >= 0.6 is 11.6 Å². The lowest BCUT2D eigenvalue weighted by molar-refractivity contribution is 0.0775. The standard InChI is InChI=1S/C25H32ClN5O2/c1-31(16-22-20-4-2-3-5-21(20)29-30-22)25(33)18-8-6-17(7-9-18)12-13-27-15-23(32)19-10-11-24(26)28-14-19/h6-11,14,20-23,27,32H,2-5,12-13,15-16H2,1H3. The van der Waals surface area contributed by atoms with Gasteiger partial charge in [0, 0.05) is 43.4 Å². The van der Waals surface area contributed by atoms with E-state index in [2.05, 4.69) is 20.5 Å². The topological polar surface area (TPSA) is 90.2 Å². The van der Waals surface area contributed by atoms with Crippen LogP contribution < -0.4 is 5.32 Å². The maximum Gasteiger partial charge on any atom is 0.253 e. The first-order valence-corrected chi connectivity index (χ1v) is 12.1. The number of aliphatic hydroxyl groups excluding tert-OH is 1. The zero-order chi connectivity index (χ0) is 23.2. The number of hydrogen-bond donors (Lipinski definition) is 2. The van der Waals surface area contributed by atoms with E-state index < -0.39 is 6.10 Å². The number of hydrogen-bond acceptors (Lipinski definition) is 6. The van der Waals surface area contributed by atoms with E-state index in [0.717, 1.165) is 30.5 Å². The summed E-state index contributed by atoms with van der Waals surface area (Å²) in [5.41, 5.74) is 2.56. The Morgan fingerprint density at radius 1 is 1.18 bits per heavy atom. The molecule has 1 aromatic heterocycles. The molecule has 1 aliphatic heterocycles. The van der Waals surface area contributed by atoms with Crippen LogP contribution in [0.1, 0.15) is 53.3 Å². The molecule has 176 valence electrons. The Labute approximate surface area is 200 Å². The number of pyridine rings is 1. The Hall–Kier alpha value is -2.35. The molecule has 1 aromatic carbocycles. The summed E-state index contributed by atoms with van der Waals surface area (Å²) in [4.78, 5) is 18.7. The molecule has 1 amide bonds. The number of halogens is 1. The Morgan fingerprint density at radius 3 is 2.73 bits per heavy atom. The van der Waals surface area contributed by atoms with E-state index in [4.69, 9.17) is 11.6 Å². The van der Waals surface area contributed by atoms with Crippen LogP contribution in [0, 0.1) is 5.92 Å². The van der Waals surface area contributed by atoms with Crippen LogP contribution in [-0.4, -0.2) is 59.7 Å². The molecule has 2 heterocycles. The van der Waals surface area contributed by atoms with Crippen molar-refractivity contribution in [3.8, 4) is 0 Å². The highest BCUT2D eigenvalue weighted by molar-refractivity contribution is 6.29. The molecular weight excluding hydrogens is 438 g/mol. The SMILES string of the molecule is CN(CC1N=NC2CCCCC21)C(=O)c1ccc(CCNCC(O)c2ccc(Cl)nc2)cc1. The number of amides is 1. The second-order valence-corrected chi connectivity index (χ2v) is 9.47. The van der Waals surface area contributed by atoms with E-state index in [1.54, 1.807) is 23.2 Å². The molecule has 33 heavy (non-hydrogen) atoms. The molecule has 2 aliphatic rings. The van der Waals surface area contributed by atoms with Crippen LogP contribution in [0.3, 0.4) is 0 Å². The zero-order valence-corrected chi connectivity index (χ0v) is 19.8. The maximum atomic E-state index is 12.9. The van der Waals surface area contributed by atoms with Crippen LogP contribution in [0.4, 0.5) is 0 Å². The number of carbonyl (C=O) groups excluding carboxylic acids is 1. The van der Waals surface area contributed by atoms with Crippen LogP contribution in [0.2, 0.25) is 5.15 Å². The summed E-state index contributed by atoms with van der Waals surface area (Å²) in [6, 6.07) is 11.7. The van der Waals surface area contributed by atoms with Gasteiger partial charge in [-0.25, -0.2) is 4.98 Å². The van der Waals surface area contributed by atoms with Gasteiger partial charge >= 0.3 is 0 Å². The third kappa shape index (κ3) is 6.16. The number of carbonyl (C=O) groups is 1. The number of nitrogens with one attached hydrogen (secondary N) is 1. The summed E-state index contributed by atoms with van der Waals surface area (Å²) in [6.45, 7) is 1.78. The quantitative estimate of drug-likeness (QED) is 0.428. The predicted octanol–water partition coefficient (Wildman–Crippen LogP) is 4.07. The number of aromatic nitrogens is 1. The number of aliphatic hydroxyl groups is 1. The number of nitrogens with zero attached hydrogens (tertiary/aromatic N) is 4. The fourth-order valence-electron chi connectivity index (χ4n) is 4.73. The molecule has 1 aliphatic carbocycles. The molecule has 7 nitrogen and oxygen atoms in total. The molecule has 8 heteroatoms.